The second kappa shape index (κ2) is 6.23. The second-order valence-corrected chi connectivity index (χ2v) is 5.26. The fourth-order valence-electron chi connectivity index (χ4n) is 2.22. The fraction of sp³-hybridized carbons (Fsp3) is 0.222. The van der Waals surface area contributed by atoms with Gasteiger partial charge in [-0.15, -0.1) is 0 Å². The summed E-state index contributed by atoms with van der Waals surface area (Å²) in [6.07, 6.45) is 0. The van der Waals surface area contributed by atoms with Gasteiger partial charge in [0.25, 0.3) is 0 Å². The van der Waals surface area contributed by atoms with E-state index in [1.165, 1.54) is 0 Å². The Morgan fingerprint density at radius 2 is 1.81 bits per heavy atom. The maximum absolute atomic E-state index is 12.4. The van der Waals surface area contributed by atoms with Gasteiger partial charge in [-0.1, -0.05) is 17.7 Å². The van der Waals surface area contributed by atoms with Gasteiger partial charge in [0.2, 0.25) is 0 Å². The van der Waals surface area contributed by atoms with Crippen molar-refractivity contribution in [3.8, 4) is 6.07 Å². The minimum atomic E-state index is 0.100. The molecular weight excluding hydrogens is 260 g/mol. The molecule has 0 spiro atoms. The molecule has 3 nitrogen and oxygen atoms in total. The number of carbonyl (C=O) groups excluding carboxylic acids is 1. The van der Waals surface area contributed by atoms with Crippen LogP contribution in [0.3, 0.4) is 0 Å². The maximum atomic E-state index is 12.4. The Hall–Kier alpha value is -2.60. The number of rotatable bonds is 4. The van der Waals surface area contributed by atoms with Crippen molar-refractivity contribution in [2.75, 3.05) is 18.5 Å². The molecule has 106 valence electrons. The summed E-state index contributed by atoms with van der Waals surface area (Å²) in [4.78, 5) is 14.3. The zero-order valence-electron chi connectivity index (χ0n) is 12.6. The number of ketones is 1. The normalized spacial score (nSPS) is 10.0. The molecule has 0 saturated carbocycles. The van der Waals surface area contributed by atoms with Crippen LogP contribution in [0.2, 0.25) is 0 Å². The third kappa shape index (κ3) is 3.49. The van der Waals surface area contributed by atoms with Gasteiger partial charge in [-0.05, 0) is 49.7 Å². The highest BCUT2D eigenvalue weighted by Crippen LogP contribution is 2.16. The van der Waals surface area contributed by atoms with E-state index in [0.717, 1.165) is 22.4 Å². The van der Waals surface area contributed by atoms with Crippen molar-refractivity contribution in [1.29, 1.82) is 5.26 Å². The molecule has 0 radical (unpaired) electrons. The average Bonchev–Trinajstić information content (AvgIpc) is 2.49. The summed E-state index contributed by atoms with van der Waals surface area (Å²) < 4.78 is 0. The van der Waals surface area contributed by atoms with Crippen molar-refractivity contribution in [3.63, 3.8) is 0 Å². The molecule has 2 aromatic rings. The van der Waals surface area contributed by atoms with Crippen molar-refractivity contribution >= 4 is 11.5 Å². The van der Waals surface area contributed by atoms with Crippen molar-refractivity contribution in [3.05, 3.63) is 64.7 Å². The van der Waals surface area contributed by atoms with Crippen LogP contribution >= 0.6 is 0 Å². The van der Waals surface area contributed by atoms with Gasteiger partial charge in [0.05, 0.1) is 18.2 Å². The van der Waals surface area contributed by atoms with Gasteiger partial charge in [-0.25, -0.2) is 0 Å². The van der Waals surface area contributed by atoms with Crippen molar-refractivity contribution in [2.45, 2.75) is 13.8 Å². The van der Waals surface area contributed by atoms with E-state index in [1.54, 1.807) is 12.1 Å². The highest BCUT2D eigenvalue weighted by Gasteiger charge is 2.12. The van der Waals surface area contributed by atoms with E-state index in [2.05, 4.69) is 6.07 Å². The monoisotopic (exact) mass is 278 g/mol. The van der Waals surface area contributed by atoms with Crippen LogP contribution in [-0.4, -0.2) is 19.4 Å². The van der Waals surface area contributed by atoms with Crippen LogP contribution in [0.4, 0.5) is 5.69 Å². The lowest BCUT2D eigenvalue weighted by atomic mass is 10.0. The molecule has 0 aromatic heterocycles. The molecule has 0 atom stereocenters. The molecule has 0 aliphatic rings. The molecule has 0 saturated heterocycles. The topological polar surface area (TPSA) is 44.1 Å². The Labute approximate surface area is 125 Å². The first kappa shape index (κ1) is 14.8. The molecule has 0 bridgehead atoms. The highest BCUT2D eigenvalue weighted by molar-refractivity contribution is 6.00. The van der Waals surface area contributed by atoms with Crippen LogP contribution in [0.15, 0.2) is 42.5 Å². The summed E-state index contributed by atoms with van der Waals surface area (Å²) in [5, 5.41) is 8.80. The highest BCUT2D eigenvalue weighted by atomic mass is 16.1. The zero-order chi connectivity index (χ0) is 15.4. The van der Waals surface area contributed by atoms with E-state index >= 15 is 0 Å². The molecule has 0 fully saturated rings. The first-order chi connectivity index (χ1) is 10.0. The Bertz CT molecular complexity index is 696. The molecule has 0 heterocycles. The standard InChI is InChI=1S/C18H18N2O/c1-13-4-5-14(2)17(10-13)18(21)12-20(3)16-8-6-15(11-19)7-9-16/h4-10H,12H2,1-3H3. The maximum Gasteiger partial charge on any atom is 0.182 e. The predicted octanol–water partition coefficient (Wildman–Crippen LogP) is 3.49. The number of aryl methyl sites for hydroxylation is 2. The minimum absolute atomic E-state index is 0.100. The number of nitriles is 1. The summed E-state index contributed by atoms with van der Waals surface area (Å²) in [6, 6.07) is 15.2. The lowest BCUT2D eigenvalue weighted by Crippen LogP contribution is -2.26. The number of nitrogens with zero attached hydrogens (tertiary/aromatic N) is 2. The summed E-state index contributed by atoms with van der Waals surface area (Å²) >= 11 is 0. The lowest BCUT2D eigenvalue weighted by molar-refractivity contribution is 0.0999. The molecule has 0 N–H and O–H groups in total. The number of carbonyl (C=O) groups is 1. The quantitative estimate of drug-likeness (QED) is 0.804. The number of anilines is 1. The van der Waals surface area contributed by atoms with Crippen LogP contribution in [0.1, 0.15) is 27.0 Å². The van der Waals surface area contributed by atoms with Crippen molar-refractivity contribution in [1.82, 2.24) is 0 Å². The second-order valence-electron chi connectivity index (χ2n) is 5.26. The molecule has 2 aromatic carbocycles. The number of likely N-dealkylation sites (N-methyl/N-ethyl adjacent to an activating group) is 1. The third-order valence-electron chi connectivity index (χ3n) is 3.51. The lowest BCUT2D eigenvalue weighted by Gasteiger charge is -2.19. The van der Waals surface area contributed by atoms with Crippen LogP contribution < -0.4 is 4.90 Å². The van der Waals surface area contributed by atoms with Crippen LogP contribution in [0, 0.1) is 25.2 Å². The molecule has 0 unspecified atom stereocenters. The van der Waals surface area contributed by atoms with E-state index in [9.17, 15) is 4.79 Å². The Kier molecular flexibility index (Phi) is 4.39. The van der Waals surface area contributed by atoms with Gasteiger partial charge in [0, 0.05) is 18.3 Å². The minimum Gasteiger partial charge on any atom is -0.367 e. The first-order valence-corrected chi connectivity index (χ1v) is 6.83. The van der Waals surface area contributed by atoms with Gasteiger partial charge in [0.1, 0.15) is 0 Å². The predicted molar refractivity (Wildman–Crippen MR) is 84.7 cm³/mol. The Balaban J connectivity index is 2.14. The summed E-state index contributed by atoms with van der Waals surface area (Å²) in [6.45, 7) is 4.26. The van der Waals surface area contributed by atoms with Crippen molar-refractivity contribution in [2.24, 2.45) is 0 Å². The SMILES string of the molecule is Cc1ccc(C)c(C(=O)CN(C)c2ccc(C#N)cc2)c1. The molecule has 0 aliphatic heterocycles. The van der Waals surface area contributed by atoms with E-state index in [4.69, 9.17) is 5.26 Å². The van der Waals surface area contributed by atoms with Gasteiger partial charge >= 0.3 is 0 Å². The molecule has 21 heavy (non-hydrogen) atoms. The van der Waals surface area contributed by atoms with E-state index in [1.807, 2.05) is 56.1 Å². The van der Waals surface area contributed by atoms with Crippen LogP contribution in [0.25, 0.3) is 0 Å². The number of benzene rings is 2. The van der Waals surface area contributed by atoms with E-state index in [-0.39, 0.29) is 5.78 Å². The molecular formula is C18H18N2O. The van der Waals surface area contributed by atoms with E-state index < -0.39 is 0 Å². The summed E-state index contributed by atoms with van der Waals surface area (Å²) in [5.74, 6) is 0.100. The average molecular weight is 278 g/mol. The number of hydrogen-bond donors (Lipinski definition) is 0. The molecule has 2 rings (SSSR count). The molecule has 0 amide bonds. The fourth-order valence-corrected chi connectivity index (χ4v) is 2.22. The molecule has 0 aliphatic carbocycles. The number of hydrogen-bond acceptors (Lipinski definition) is 3. The summed E-state index contributed by atoms with van der Waals surface area (Å²) in [5.41, 5.74) is 4.40. The Morgan fingerprint density at radius 3 is 2.43 bits per heavy atom. The van der Waals surface area contributed by atoms with Gasteiger partial charge in [-0.2, -0.15) is 5.26 Å². The third-order valence-corrected chi connectivity index (χ3v) is 3.51. The van der Waals surface area contributed by atoms with Gasteiger partial charge in [0.15, 0.2) is 5.78 Å². The van der Waals surface area contributed by atoms with Gasteiger partial charge < -0.3 is 4.90 Å². The van der Waals surface area contributed by atoms with Crippen LogP contribution in [0.5, 0.6) is 0 Å². The first-order valence-electron chi connectivity index (χ1n) is 6.83. The van der Waals surface area contributed by atoms with Crippen molar-refractivity contribution < 1.29 is 4.79 Å². The van der Waals surface area contributed by atoms with Crippen LogP contribution in [-0.2, 0) is 0 Å². The number of Topliss-reactive ketones (excluding diaryl/α,β-unsaturated/α-hetero) is 1. The van der Waals surface area contributed by atoms with E-state index in [0.29, 0.717) is 12.1 Å². The smallest absolute Gasteiger partial charge is 0.182 e. The largest absolute Gasteiger partial charge is 0.367 e. The zero-order valence-corrected chi connectivity index (χ0v) is 12.6. The van der Waals surface area contributed by atoms with Gasteiger partial charge in [-0.3, -0.25) is 4.79 Å². The Morgan fingerprint density at radius 1 is 1.14 bits per heavy atom. The summed E-state index contributed by atoms with van der Waals surface area (Å²) in [7, 11) is 1.88. The molecule has 3 heteroatoms.